The van der Waals surface area contributed by atoms with Gasteiger partial charge in [0.2, 0.25) is 0 Å². The van der Waals surface area contributed by atoms with Gasteiger partial charge >= 0.3 is 17.8 Å². The topological polar surface area (TPSA) is 26.3 Å². The highest BCUT2D eigenvalue weighted by Gasteiger charge is 2.82. The van der Waals surface area contributed by atoms with E-state index in [2.05, 4.69) is 6.92 Å². The van der Waals surface area contributed by atoms with E-state index in [1.165, 1.54) is 32.6 Å². The zero-order valence-corrected chi connectivity index (χ0v) is 17.6. The number of hydrogen-bond acceptors (Lipinski definition) is 2. The molecule has 5 aliphatic carbocycles. The van der Waals surface area contributed by atoms with Crippen molar-refractivity contribution < 1.29 is 27.1 Å². The lowest BCUT2D eigenvalue weighted by Gasteiger charge is -2.59. The number of fused-ring (bicyclic) bond motifs is 3. The normalized spacial score (nSPS) is 46.3. The fraction of sp³-hybridized carbons (Fsp3) is 0.957. The average Bonchev–Trinajstić information content (AvgIpc) is 2.69. The van der Waals surface area contributed by atoms with Gasteiger partial charge < -0.3 is 4.74 Å². The Balaban J connectivity index is 1.38. The van der Waals surface area contributed by atoms with Gasteiger partial charge in [-0.25, -0.2) is 0 Å². The molecular formula is C23H34F4O2. The molecule has 0 radical (unpaired) electrons. The van der Waals surface area contributed by atoms with Gasteiger partial charge in [0, 0.05) is 5.41 Å². The molecule has 5 aliphatic rings. The minimum absolute atomic E-state index is 0.0320. The van der Waals surface area contributed by atoms with Gasteiger partial charge in [-0.15, -0.1) is 0 Å². The summed E-state index contributed by atoms with van der Waals surface area (Å²) in [5.41, 5.74) is -4.04. The number of hydrogen-bond donors (Lipinski definition) is 0. The van der Waals surface area contributed by atoms with Crippen molar-refractivity contribution in [3.63, 3.8) is 0 Å². The Bertz CT molecular complexity index is 623. The van der Waals surface area contributed by atoms with Crippen LogP contribution in [0.3, 0.4) is 0 Å². The van der Waals surface area contributed by atoms with Crippen molar-refractivity contribution in [2.24, 2.45) is 29.1 Å². The third-order valence-corrected chi connectivity index (χ3v) is 9.01. The van der Waals surface area contributed by atoms with Gasteiger partial charge in [0.25, 0.3) is 0 Å². The number of esters is 1. The van der Waals surface area contributed by atoms with Crippen LogP contribution in [0.5, 0.6) is 0 Å². The van der Waals surface area contributed by atoms with Gasteiger partial charge in [-0.3, -0.25) is 4.79 Å². The second-order valence-electron chi connectivity index (χ2n) is 10.8. The van der Waals surface area contributed by atoms with Gasteiger partial charge in [0.15, 0.2) is 5.60 Å². The van der Waals surface area contributed by atoms with E-state index < -0.39 is 34.7 Å². The average molecular weight is 419 g/mol. The Kier molecular flexibility index (Phi) is 5.26. The van der Waals surface area contributed by atoms with Crippen molar-refractivity contribution in [2.45, 2.75) is 108 Å². The first-order chi connectivity index (χ1) is 13.5. The molecule has 0 aliphatic heterocycles. The highest BCUT2D eigenvalue weighted by molar-refractivity contribution is 5.73. The predicted octanol–water partition coefficient (Wildman–Crippen LogP) is 6.77. The van der Waals surface area contributed by atoms with Crippen molar-refractivity contribution in [1.82, 2.24) is 0 Å². The molecule has 166 valence electrons. The maximum atomic E-state index is 14.8. The molecule has 0 amide bonds. The highest BCUT2D eigenvalue weighted by Crippen LogP contribution is 2.67. The van der Waals surface area contributed by atoms with Crippen LogP contribution in [-0.2, 0) is 9.53 Å². The van der Waals surface area contributed by atoms with E-state index in [0.29, 0.717) is 24.7 Å². The zero-order chi connectivity index (χ0) is 21.1. The van der Waals surface area contributed by atoms with Crippen molar-refractivity contribution in [3.8, 4) is 0 Å². The molecule has 0 saturated heterocycles. The third-order valence-electron chi connectivity index (χ3n) is 9.01. The van der Waals surface area contributed by atoms with Crippen LogP contribution >= 0.6 is 0 Å². The van der Waals surface area contributed by atoms with Gasteiger partial charge in [0.05, 0.1) is 5.92 Å². The number of ether oxygens (including phenoxy) is 1. The van der Waals surface area contributed by atoms with Crippen LogP contribution in [0, 0.1) is 29.1 Å². The second kappa shape index (κ2) is 7.12. The summed E-state index contributed by atoms with van der Waals surface area (Å²) in [6.07, 6.45) is 7.68. The Morgan fingerprint density at radius 3 is 1.76 bits per heavy atom. The minimum Gasteiger partial charge on any atom is -0.452 e. The Hall–Kier alpha value is -0.810. The van der Waals surface area contributed by atoms with Crippen LogP contribution in [0.4, 0.5) is 17.6 Å². The summed E-state index contributed by atoms with van der Waals surface area (Å²) >= 11 is 0. The lowest BCUT2D eigenvalue weighted by Crippen LogP contribution is -2.73. The molecule has 0 N–H and O–H groups in total. The summed E-state index contributed by atoms with van der Waals surface area (Å²) in [5.74, 6) is -7.46. The number of alkyl halides is 4. The van der Waals surface area contributed by atoms with E-state index in [0.717, 1.165) is 18.8 Å². The van der Waals surface area contributed by atoms with Crippen molar-refractivity contribution in [3.05, 3.63) is 0 Å². The fourth-order valence-corrected chi connectivity index (χ4v) is 6.52. The Morgan fingerprint density at radius 2 is 1.24 bits per heavy atom. The monoisotopic (exact) mass is 418 g/mol. The molecule has 2 nitrogen and oxygen atoms in total. The Labute approximate surface area is 171 Å². The van der Waals surface area contributed by atoms with Crippen LogP contribution in [0.1, 0.15) is 90.9 Å². The molecule has 5 rings (SSSR count). The van der Waals surface area contributed by atoms with E-state index in [1.54, 1.807) is 0 Å². The zero-order valence-electron chi connectivity index (χ0n) is 17.6. The van der Waals surface area contributed by atoms with Gasteiger partial charge in [-0.1, -0.05) is 26.7 Å². The van der Waals surface area contributed by atoms with E-state index >= 15 is 0 Å². The fourth-order valence-electron chi connectivity index (χ4n) is 6.52. The third kappa shape index (κ3) is 3.22. The van der Waals surface area contributed by atoms with Crippen molar-refractivity contribution >= 4 is 5.97 Å². The number of halogens is 4. The predicted molar refractivity (Wildman–Crippen MR) is 102 cm³/mol. The first-order valence-corrected chi connectivity index (χ1v) is 11.5. The van der Waals surface area contributed by atoms with Crippen LogP contribution in [0.25, 0.3) is 0 Å². The molecule has 0 unspecified atom stereocenters. The summed E-state index contributed by atoms with van der Waals surface area (Å²) in [6, 6.07) is 0. The summed E-state index contributed by atoms with van der Waals surface area (Å²) in [4.78, 5) is 12.8. The first kappa shape index (κ1) is 21.4. The molecule has 0 heterocycles. The van der Waals surface area contributed by atoms with Crippen molar-refractivity contribution in [2.75, 3.05) is 0 Å². The quantitative estimate of drug-likeness (QED) is 0.374. The molecule has 0 aromatic rings. The van der Waals surface area contributed by atoms with E-state index in [1.807, 2.05) is 0 Å². The maximum absolute atomic E-state index is 14.8. The molecule has 5 fully saturated rings. The SMILES string of the molecule is CC1CCC(C2CCC(C(=O)OC34CCC(C)(CC3)C(F)(F)C4(F)F)CC2)CC1. The van der Waals surface area contributed by atoms with Crippen molar-refractivity contribution in [1.29, 1.82) is 0 Å². The number of rotatable bonds is 3. The number of carbonyl (C=O) groups is 1. The summed E-state index contributed by atoms with van der Waals surface area (Å²) in [6.45, 7) is 3.53. The molecular weight excluding hydrogens is 384 g/mol. The van der Waals surface area contributed by atoms with Crippen LogP contribution in [-0.4, -0.2) is 23.4 Å². The molecule has 29 heavy (non-hydrogen) atoms. The summed E-state index contributed by atoms with van der Waals surface area (Å²) in [5, 5.41) is 0. The van der Waals surface area contributed by atoms with Gasteiger partial charge in [-0.2, -0.15) is 17.6 Å². The maximum Gasteiger partial charge on any atom is 0.349 e. The standard InChI is InChI=1S/C23H34F4O2/c1-15-3-5-16(6-4-15)17-7-9-18(10-8-17)19(28)29-21-13-11-20(2,12-14-21)22(24,25)23(21,26)27/h15-18H,3-14H2,1-2H3. The van der Waals surface area contributed by atoms with Gasteiger partial charge in [0.1, 0.15) is 0 Å². The van der Waals surface area contributed by atoms with Crippen LogP contribution in [0.2, 0.25) is 0 Å². The lowest BCUT2D eigenvalue weighted by atomic mass is 9.55. The molecule has 6 heteroatoms. The number of carbonyl (C=O) groups excluding carboxylic acids is 1. The summed E-state index contributed by atoms with van der Waals surface area (Å²) in [7, 11) is 0. The smallest absolute Gasteiger partial charge is 0.349 e. The molecule has 0 aromatic carbocycles. The van der Waals surface area contributed by atoms with E-state index in [9.17, 15) is 22.4 Å². The molecule has 5 saturated carbocycles. The summed E-state index contributed by atoms with van der Waals surface area (Å²) < 4.78 is 64.0. The second-order valence-corrected chi connectivity index (χ2v) is 10.8. The Morgan fingerprint density at radius 1 is 0.759 bits per heavy atom. The lowest BCUT2D eigenvalue weighted by molar-refractivity contribution is -0.380. The van der Waals surface area contributed by atoms with E-state index in [-0.39, 0.29) is 25.7 Å². The molecule has 0 spiro atoms. The molecule has 0 aromatic heterocycles. The highest BCUT2D eigenvalue weighted by atomic mass is 19.3. The first-order valence-electron chi connectivity index (χ1n) is 11.5. The molecule has 0 atom stereocenters. The van der Waals surface area contributed by atoms with Gasteiger partial charge in [-0.05, 0) is 82.0 Å². The van der Waals surface area contributed by atoms with Crippen LogP contribution < -0.4 is 0 Å². The molecule has 2 bridgehead atoms. The van der Waals surface area contributed by atoms with Crippen LogP contribution in [0.15, 0.2) is 0 Å². The minimum atomic E-state index is -4.31. The van der Waals surface area contributed by atoms with E-state index in [4.69, 9.17) is 4.74 Å². The largest absolute Gasteiger partial charge is 0.452 e.